The third-order valence-corrected chi connectivity index (χ3v) is 4.50. The van der Waals surface area contributed by atoms with Crippen LogP contribution >= 0.6 is 0 Å². The number of aromatic nitrogens is 3. The Bertz CT molecular complexity index is 1210. The molecule has 0 aliphatic heterocycles. The van der Waals surface area contributed by atoms with Gasteiger partial charge in [0.15, 0.2) is 0 Å². The van der Waals surface area contributed by atoms with Crippen LogP contribution in [0.5, 0.6) is 0 Å². The van der Waals surface area contributed by atoms with Crippen molar-refractivity contribution in [3.8, 4) is 0 Å². The molecule has 8 heteroatoms. The predicted octanol–water partition coefficient (Wildman–Crippen LogP) is 4.68. The molecule has 0 saturated heterocycles. The number of carbonyl (C=O) groups is 1. The Labute approximate surface area is 171 Å². The Morgan fingerprint density at radius 2 is 1.93 bits per heavy atom. The summed E-state index contributed by atoms with van der Waals surface area (Å²) in [5.41, 5.74) is 1.95. The molecule has 2 aromatic carbocycles. The number of halogens is 2. The van der Waals surface area contributed by atoms with Gasteiger partial charge < -0.3 is 14.6 Å². The molecule has 0 atom stereocenters. The number of hydrogen-bond acceptors (Lipinski definition) is 5. The Morgan fingerprint density at radius 3 is 2.70 bits per heavy atom. The monoisotopic (exact) mass is 408 g/mol. The summed E-state index contributed by atoms with van der Waals surface area (Å²) in [4.78, 5) is 20.5. The minimum absolute atomic E-state index is 0.137. The van der Waals surface area contributed by atoms with E-state index in [1.807, 2.05) is 6.07 Å². The Morgan fingerprint density at radius 1 is 1.13 bits per heavy atom. The molecule has 0 amide bonds. The summed E-state index contributed by atoms with van der Waals surface area (Å²) in [6.45, 7) is 2.20. The second kappa shape index (κ2) is 8.28. The molecule has 2 heterocycles. The summed E-state index contributed by atoms with van der Waals surface area (Å²) in [7, 11) is 0. The topological polar surface area (TPSA) is 69.0 Å². The molecule has 0 aliphatic carbocycles. The zero-order valence-electron chi connectivity index (χ0n) is 16.1. The minimum Gasteiger partial charge on any atom is -0.462 e. The summed E-state index contributed by atoms with van der Waals surface area (Å²) in [5.74, 6) is -1.02. The van der Waals surface area contributed by atoms with Crippen molar-refractivity contribution in [3.05, 3.63) is 83.7 Å². The van der Waals surface area contributed by atoms with Crippen molar-refractivity contribution in [2.75, 3.05) is 11.9 Å². The molecular formula is C22H18F2N4O2. The molecule has 4 rings (SSSR count). The van der Waals surface area contributed by atoms with Crippen molar-refractivity contribution >= 4 is 28.6 Å². The van der Waals surface area contributed by atoms with Crippen LogP contribution in [-0.2, 0) is 11.3 Å². The minimum atomic E-state index is -0.494. The van der Waals surface area contributed by atoms with E-state index in [-0.39, 0.29) is 18.1 Å². The van der Waals surface area contributed by atoms with Gasteiger partial charge in [-0.15, -0.1) is 0 Å². The highest BCUT2D eigenvalue weighted by atomic mass is 19.1. The third kappa shape index (κ3) is 4.12. The fourth-order valence-corrected chi connectivity index (χ4v) is 3.04. The van der Waals surface area contributed by atoms with Gasteiger partial charge in [0.2, 0.25) is 5.95 Å². The number of benzene rings is 2. The van der Waals surface area contributed by atoms with Gasteiger partial charge in [0.1, 0.15) is 17.3 Å². The molecule has 0 radical (unpaired) electrons. The van der Waals surface area contributed by atoms with Gasteiger partial charge in [0.05, 0.1) is 18.7 Å². The summed E-state index contributed by atoms with van der Waals surface area (Å²) in [6.07, 6.45) is 3.40. The van der Waals surface area contributed by atoms with E-state index < -0.39 is 11.6 Å². The van der Waals surface area contributed by atoms with Gasteiger partial charge in [-0.25, -0.2) is 18.6 Å². The number of fused-ring (bicyclic) bond motifs is 1. The first-order chi connectivity index (χ1) is 14.5. The lowest BCUT2D eigenvalue weighted by atomic mass is 10.2. The average molecular weight is 408 g/mol. The van der Waals surface area contributed by atoms with Gasteiger partial charge in [-0.3, -0.25) is 0 Å². The van der Waals surface area contributed by atoms with E-state index in [1.54, 1.807) is 48.1 Å². The smallest absolute Gasteiger partial charge is 0.338 e. The number of nitrogens with one attached hydrogen (secondary N) is 1. The van der Waals surface area contributed by atoms with Crippen LogP contribution in [0.1, 0.15) is 22.8 Å². The van der Waals surface area contributed by atoms with Crippen LogP contribution in [-0.4, -0.2) is 27.1 Å². The van der Waals surface area contributed by atoms with Crippen molar-refractivity contribution in [3.63, 3.8) is 0 Å². The molecule has 0 saturated carbocycles. The predicted molar refractivity (Wildman–Crippen MR) is 109 cm³/mol. The average Bonchev–Trinajstić information content (AvgIpc) is 3.13. The molecule has 2 aromatic heterocycles. The van der Waals surface area contributed by atoms with Gasteiger partial charge in [0, 0.05) is 29.0 Å². The van der Waals surface area contributed by atoms with E-state index in [9.17, 15) is 13.6 Å². The number of esters is 1. The van der Waals surface area contributed by atoms with Crippen molar-refractivity contribution in [1.29, 1.82) is 0 Å². The first kappa shape index (κ1) is 19.5. The number of ether oxygens (including phenoxy) is 1. The molecule has 30 heavy (non-hydrogen) atoms. The highest BCUT2D eigenvalue weighted by Gasteiger charge is 2.10. The van der Waals surface area contributed by atoms with E-state index in [2.05, 4.69) is 15.3 Å². The fraction of sp³-hybridized carbons (Fsp3) is 0.136. The van der Waals surface area contributed by atoms with Crippen molar-refractivity contribution in [1.82, 2.24) is 14.5 Å². The maximum atomic E-state index is 14.0. The normalized spacial score (nSPS) is 10.9. The van der Waals surface area contributed by atoms with Crippen LogP contribution in [0.25, 0.3) is 11.0 Å². The molecule has 0 aliphatic rings. The molecule has 0 unspecified atom stereocenters. The molecule has 0 bridgehead atoms. The maximum Gasteiger partial charge on any atom is 0.338 e. The first-order valence-electron chi connectivity index (χ1n) is 9.33. The molecule has 0 fully saturated rings. The molecule has 152 valence electrons. The zero-order chi connectivity index (χ0) is 21.1. The summed E-state index contributed by atoms with van der Waals surface area (Å²) in [6, 6.07) is 11.9. The summed E-state index contributed by atoms with van der Waals surface area (Å²) < 4.78 is 34.2. The van der Waals surface area contributed by atoms with Crippen molar-refractivity contribution in [2.45, 2.75) is 13.5 Å². The van der Waals surface area contributed by atoms with E-state index in [0.29, 0.717) is 29.5 Å². The molecular weight excluding hydrogens is 390 g/mol. The highest BCUT2D eigenvalue weighted by molar-refractivity contribution is 5.89. The number of anilines is 2. The fourth-order valence-electron chi connectivity index (χ4n) is 3.04. The lowest BCUT2D eigenvalue weighted by Gasteiger charge is -2.09. The van der Waals surface area contributed by atoms with E-state index >= 15 is 0 Å². The second-order valence-corrected chi connectivity index (χ2v) is 6.57. The number of hydrogen-bond donors (Lipinski definition) is 1. The standard InChI is InChI=1S/C22H18F2N4O2/c1-2-30-21(29)14-3-6-18(7-4-14)26-22-25-12-15-9-10-28(20(15)27-22)13-16-11-17(23)5-8-19(16)24/h3-12H,2,13H2,1H3,(H,25,26,27). The molecule has 6 nitrogen and oxygen atoms in total. The zero-order valence-corrected chi connectivity index (χ0v) is 16.1. The summed E-state index contributed by atoms with van der Waals surface area (Å²) >= 11 is 0. The van der Waals surface area contributed by atoms with Crippen LogP contribution in [0.15, 0.2) is 60.9 Å². The van der Waals surface area contributed by atoms with E-state index in [0.717, 1.165) is 17.5 Å². The number of nitrogens with zero attached hydrogens (tertiary/aromatic N) is 3. The van der Waals surface area contributed by atoms with E-state index in [1.165, 1.54) is 6.07 Å². The quantitative estimate of drug-likeness (QED) is 0.469. The van der Waals surface area contributed by atoms with Gasteiger partial charge in [-0.1, -0.05) is 0 Å². The Kier molecular flexibility index (Phi) is 5.38. The van der Waals surface area contributed by atoms with Crippen LogP contribution in [0.4, 0.5) is 20.4 Å². The highest BCUT2D eigenvalue weighted by Crippen LogP contribution is 2.20. The number of carbonyl (C=O) groups excluding carboxylic acids is 1. The van der Waals surface area contributed by atoms with Gasteiger partial charge in [0.25, 0.3) is 0 Å². The van der Waals surface area contributed by atoms with Crippen LogP contribution in [0.3, 0.4) is 0 Å². The lowest BCUT2D eigenvalue weighted by Crippen LogP contribution is -2.05. The maximum absolute atomic E-state index is 14.0. The van der Waals surface area contributed by atoms with Gasteiger partial charge in [-0.05, 0) is 55.5 Å². The van der Waals surface area contributed by atoms with Crippen molar-refractivity contribution < 1.29 is 18.3 Å². The number of rotatable bonds is 6. The lowest BCUT2D eigenvalue weighted by molar-refractivity contribution is 0.0526. The van der Waals surface area contributed by atoms with Crippen LogP contribution in [0, 0.1) is 11.6 Å². The largest absolute Gasteiger partial charge is 0.462 e. The van der Waals surface area contributed by atoms with Crippen LogP contribution < -0.4 is 5.32 Å². The van der Waals surface area contributed by atoms with Crippen molar-refractivity contribution in [2.24, 2.45) is 0 Å². The van der Waals surface area contributed by atoms with Gasteiger partial charge >= 0.3 is 5.97 Å². The Hall–Kier alpha value is -3.81. The second-order valence-electron chi connectivity index (χ2n) is 6.57. The van der Waals surface area contributed by atoms with E-state index in [4.69, 9.17) is 4.74 Å². The Balaban J connectivity index is 1.57. The summed E-state index contributed by atoms with van der Waals surface area (Å²) in [5, 5.41) is 3.85. The molecule has 0 spiro atoms. The molecule has 4 aromatic rings. The first-order valence-corrected chi connectivity index (χ1v) is 9.33. The third-order valence-electron chi connectivity index (χ3n) is 4.50. The van der Waals surface area contributed by atoms with Gasteiger partial charge in [-0.2, -0.15) is 4.98 Å². The SMILES string of the molecule is CCOC(=O)c1ccc(Nc2ncc3ccn(Cc4cc(F)ccc4F)c3n2)cc1. The molecule has 1 N–H and O–H groups in total. The van der Waals surface area contributed by atoms with Crippen LogP contribution in [0.2, 0.25) is 0 Å².